The van der Waals surface area contributed by atoms with Crippen molar-refractivity contribution in [3.05, 3.63) is 65.7 Å². The Hall–Kier alpha value is -2.50. The van der Waals surface area contributed by atoms with E-state index in [1.165, 1.54) is 18.2 Å². The number of anilines is 1. The molecule has 6 heteroatoms. The average Bonchev–Trinajstić information content (AvgIpc) is 3.17. The van der Waals surface area contributed by atoms with Gasteiger partial charge in [-0.3, -0.25) is 0 Å². The van der Waals surface area contributed by atoms with Gasteiger partial charge in [0.1, 0.15) is 0 Å². The van der Waals surface area contributed by atoms with Gasteiger partial charge in [-0.05, 0) is 37.0 Å². The van der Waals surface area contributed by atoms with Gasteiger partial charge >= 0.3 is 12.2 Å². The number of carbonyl (C=O) groups excluding carboxylic acids is 1. The van der Waals surface area contributed by atoms with Crippen LogP contribution in [0.5, 0.6) is 0 Å². The lowest BCUT2D eigenvalue weighted by atomic mass is 10.1. The molecule has 2 aromatic carbocycles. The van der Waals surface area contributed by atoms with Crippen molar-refractivity contribution in [2.45, 2.75) is 44.3 Å². The van der Waals surface area contributed by atoms with Crippen LogP contribution in [0.1, 0.15) is 36.8 Å². The summed E-state index contributed by atoms with van der Waals surface area (Å²) in [5.74, 6) is 0. The highest BCUT2D eigenvalue weighted by molar-refractivity contribution is 5.90. The summed E-state index contributed by atoms with van der Waals surface area (Å²) in [5, 5.41) is 2.50. The second-order valence-electron chi connectivity index (χ2n) is 6.84. The second-order valence-corrected chi connectivity index (χ2v) is 6.84. The monoisotopic (exact) mass is 376 g/mol. The molecule has 0 unspecified atom stereocenters. The quantitative estimate of drug-likeness (QED) is 0.711. The van der Waals surface area contributed by atoms with Gasteiger partial charge in [0.15, 0.2) is 0 Å². The van der Waals surface area contributed by atoms with Gasteiger partial charge in [-0.15, -0.1) is 0 Å². The molecule has 0 saturated heterocycles. The number of para-hydroxylation sites is 1. The van der Waals surface area contributed by atoms with Gasteiger partial charge in [0.25, 0.3) is 0 Å². The molecule has 3 nitrogen and oxygen atoms in total. The maximum absolute atomic E-state index is 13.2. The van der Waals surface area contributed by atoms with Gasteiger partial charge < -0.3 is 10.2 Å². The zero-order valence-corrected chi connectivity index (χ0v) is 15.0. The van der Waals surface area contributed by atoms with Crippen molar-refractivity contribution in [2.24, 2.45) is 0 Å². The highest BCUT2D eigenvalue weighted by atomic mass is 19.4. The van der Waals surface area contributed by atoms with Gasteiger partial charge in [-0.25, -0.2) is 4.79 Å². The first kappa shape index (κ1) is 19.3. The summed E-state index contributed by atoms with van der Waals surface area (Å²) in [5.41, 5.74) is 0.0782. The normalized spacial score (nSPS) is 14.9. The molecule has 1 aliphatic rings. The molecule has 0 radical (unpaired) electrons. The molecule has 0 bridgehead atoms. The Morgan fingerprint density at radius 2 is 1.63 bits per heavy atom. The molecule has 1 fully saturated rings. The number of halogens is 3. The number of rotatable bonds is 5. The molecule has 27 heavy (non-hydrogen) atoms. The Labute approximate surface area is 157 Å². The summed E-state index contributed by atoms with van der Waals surface area (Å²) in [7, 11) is 0. The van der Waals surface area contributed by atoms with Gasteiger partial charge in [-0.1, -0.05) is 55.3 Å². The highest BCUT2D eigenvalue weighted by Crippen LogP contribution is 2.35. The van der Waals surface area contributed by atoms with Crippen LogP contribution in [0.2, 0.25) is 0 Å². The highest BCUT2D eigenvalue weighted by Gasteiger charge is 2.34. The number of benzene rings is 2. The van der Waals surface area contributed by atoms with Crippen LogP contribution in [0.15, 0.2) is 54.6 Å². The second kappa shape index (κ2) is 8.46. The minimum atomic E-state index is -4.51. The molecule has 1 N–H and O–H groups in total. The molecule has 0 heterocycles. The lowest BCUT2D eigenvalue weighted by Gasteiger charge is -2.29. The van der Waals surface area contributed by atoms with Crippen molar-refractivity contribution in [1.82, 2.24) is 4.90 Å². The molecular formula is C21H23F3N2O. The van der Waals surface area contributed by atoms with E-state index in [-0.39, 0.29) is 11.7 Å². The van der Waals surface area contributed by atoms with Crippen molar-refractivity contribution in [2.75, 3.05) is 11.9 Å². The van der Waals surface area contributed by atoms with Crippen LogP contribution in [0.4, 0.5) is 23.7 Å². The fraction of sp³-hybridized carbons (Fsp3) is 0.381. The fourth-order valence-electron chi connectivity index (χ4n) is 3.59. The molecule has 144 valence electrons. The third-order valence-electron chi connectivity index (χ3n) is 4.98. The third-order valence-corrected chi connectivity index (χ3v) is 4.98. The lowest BCUT2D eigenvalue weighted by molar-refractivity contribution is -0.136. The SMILES string of the molecule is O=C(Nc1ccccc1C(F)(F)F)N(CCc1ccccc1)C1CCCC1. The predicted molar refractivity (Wildman–Crippen MR) is 99.6 cm³/mol. The molecule has 2 amide bonds. The molecule has 3 rings (SSSR count). The summed E-state index contributed by atoms with van der Waals surface area (Å²) < 4.78 is 39.6. The minimum absolute atomic E-state index is 0.0757. The summed E-state index contributed by atoms with van der Waals surface area (Å²) in [6, 6.07) is 14.5. The molecule has 1 saturated carbocycles. The van der Waals surface area contributed by atoms with Crippen molar-refractivity contribution < 1.29 is 18.0 Å². The largest absolute Gasteiger partial charge is 0.418 e. The van der Waals surface area contributed by atoms with E-state index in [0.29, 0.717) is 13.0 Å². The minimum Gasteiger partial charge on any atom is -0.321 e. The van der Waals surface area contributed by atoms with Crippen LogP contribution in [-0.4, -0.2) is 23.5 Å². The predicted octanol–water partition coefficient (Wildman–Crippen LogP) is 5.72. The summed E-state index contributed by atoms with van der Waals surface area (Å²) in [4.78, 5) is 14.5. The lowest BCUT2D eigenvalue weighted by Crippen LogP contribution is -2.43. The maximum Gasteiger partial charge on any atom is 0.418 e. The summed E-state index contributed by atoms with van der Waals surface area (Å²) >= 11 is 0. The van der Waals surface area contributed by atoms with Gasteiger partial charge in [0, 0.05) is 12.6 Å². The number of urea groups is 1. The van der Waals surface area contributed by atoms with Crippen LogP contribution in [0.25, 0.3) is 0 Å². The number of nitrogens with zero attached hydrogens (tertiary/aromatic N) is 1. The zero-order chi connectivity index (χ0) is 19.3. The number of nitrogens with one attached hydrogen (secondary N) is 1. The van der Waals surface area contributed by atoms with Crippen molar-refractivity contribution in [1.29, 1.82) is 0 Å². The Bertz CT molecular complexity index is 756. The first-order chi connectivity index (χ1) is 12.9. The van der Waals surface area contributed by atoms with Crippen LogP contribution < -0.4 is 5.32 Å². The van der Waals surface area contributed by atoms with Crippen LogP contribution in [0, 0.1) is 0 Å². The smallest absolute Gasteiger partial charge is 0.321 e. The molecule has 1 aliphatic carbocycles. The first-order valence-corrected chi connectivity index (χ1v) is 9.23. The Morgan fingerprint density at radius 1 is 1.00 bits per heavy atom. The summed E-state index contributed by atoms with van der Waals surface area (Å²) in [6.07, 6.45) is 0.0296. The van der Waals surface area contributed by atoms with Gasteiger partial charge in [0.05, 0.1) is 11.3 Å². The number of amides is 2. The molecule has 0 aliphatic heterocycles. The Morgan fingerprint density at radius 3 is 2.30 bits per heavy atom. The Balaban J connectivity index is 1.75. The van der Waals surface area contributed by atoms with E-state index in [1.54, 1.807) is 4.90 Å². The number of alkyl halides is 3. The van der Waals surface area contributed by atoms with E-state index in [4.69, 9.17) is 0 Å². The van der Waals surface area contributed by atoms with Crippen LogP contribution in [0.3, 0.4) is 0 Å². The van der Waals surface area contributed by atoms with Crippen molar-refractivity contribution >= 4 is 11.7 Å². The van der Waals surface area contributed by atoms with Crippen molar-refractivity contribution in [3.63, 3.8) is 0 Å². The van der Waals surface area contributed by atoms with Crippen LogP contribution >= 0.6 is 0 Å². The molecule has 0 spiro atoms. The standard InChI is InChI=1S/C21H23F3N2O/c22-21(23,24)18-12-6-7-13-19(18)25-20(27)26(17-10-4-5-11-17)15-14-16-8-2-1-3-9-16/h1-3,6-9,12-13,17H,4-5,10-11,14-15H2,(H,25,27). The molecular weight excluding hydrogens is 353 g/mol. The van der Waals surface area contributed by atoms with E-state index in [0.717, 1.165) is 37.3 Å². The average molecular weight is 376 g/mol. The molecule has 0 atom stereocenters. The molecule has 2 aromatic rings. The van der Waals surface area contributed by atoms with E-state index < -0.39 is 17.8 Å². The Kier molecular flexibility index (Phi) is 6.04. The topological polar surface area (TPSA) is 32.3 Å². The van der Waals surface area contributed by atoms with E-state index in [2.05, 4.69) is 5.32 Å². The summed E-state index contributed by atoms with van der Waals surface area (Å²) in [6.45, 7) is 0.481. The fourth-order valence-corrected chi connectivity index (χ4v) is 3.59. The van der Waals surface area contributed by atoms with Gasteiger partial charge in [0.2, 0.25) is 0 Å². The van der Waals surface area contributed by atoms with Crippen molar-refractivity contribution in [3.8, 4) is 0 Å². The van der Waals surface area contributed by atoms with Gasteiger partial charge in [-0.2, -0.15) is 13.2 Å². The zero-order valence-electron chi connectivity index (χ0n) is 15.0. The van der Waals surface area contributed by atoms with E-state index in [1.807, 2.05) is 30.3 Å². The number of hydrogen-bond acceptors (Lipinski definition) is 1. The molecule has 0 aromatic heterocycles. The van der Waals surface area contributed by atoms with E-state index >= 15 is 0 Å². The third kappa shape index (κ3) is 5.02. The first-order valence-electron chi connectivity index (χ1n) is 9.23. The van der Waals surface area contributed by atoms with E-state index in [9.17, 15) is 18.0 Å². The number of carbonyl (C=O) groups is 1. The number of hydrogen-bond donors (Lipinski definition) is 1. The maximum atomic E-state index is 13.2. The van der Waals surface area contributed by atoms with Crippen LogP contribution in [-0.2, 0) is 12.6 Å².